The molecule has 0 saturated carbocycles. The predicted octanol–water partition coefficient (Wildman–Crippen LogP) is 1.97. The lowest BCUT2D eigenvalue weighted by molar-refractivity contribution is 0.510. The molecule has 0 aliphatic carbocycles. The molecule has 3 N–H and O–H groups in total. The van der Waals surface area contributed by atoms with Crippen LogP contribution in [0.1, 0.15) is 56.1 Å². The molecule has 0 aliphatic rings. The van der Waals surface area contributed by atoms with E-state index in [1.807, 2.05) is 0 Å². The molecule has 0 bridgehead atoms. The van der Waals surface area contributed by atoms with Crippen molar-refractivity contribution < 1.29 is 0 Å². The Labute approximate surface area is 89.0 Å². The Hall–Kier alpha value is -0.520. The number of nitrogens with two attached hydrogens (primary N) is 1. The maximum atomic E-state index is 5.52. The monoisotopic (exact) mass is 214 g/mol. The van der Waals surface area contributed by atoms with Crippen molar-refractivity contribution in [3.63, 3.8) is 0 Å². The van der Waals surface area contributed by atoms with Gasteiger partial charge in [0.25, 0.3) is 0 Å². The molecule has 5 heteroatoms. The molecule has 4 nitrogen and oxygen atoms in total. The fourth-order valence-corrected chi connectivity index (χ4v) is 2.33. The van der Waals surface area contributed by atoms with Gasteiger partial charge in [-0.2, -0.15) is 0 Å². The van der Waals surface area contributed by atoms with Crippen LogP contribution in [0.15, 0.2) is 0 Å². The molecule has 0 radical (unpaired) electrons. The minimum absolute atomic E-state index is 0.206. The predicted molar refractivity (Wildman–Crippen MR) is 59.0 cm³/mol. The number of nitrogens with one attached hydrogen (secondary N) is 1. The second-order valence-corrected chi connectivity index (χ2v) is 4.47. The summed E-state index contributed by atoms with van der Waals surface area (Å²) in [7, 11) is 0. The van der Waals surface area contributed by atoms with Crippen LogP contribution in [0.3, 0.4) is 0 Å². The second-order valence-electron chi connectivity index (χ2n) is 3.69. The third-order valence-corrected chi connectivity index (χ3v) is 3.04. The molecule has 1 rings (SSSR count). The first-order valence-electron chi connectivity index (χ1n) is 4.99. The number of rotatable bonds is 5. The van der Waals surface area contributed by atoms with E-state index < -0.39 is 0 Å². The highest BCUT2D eigenvalue weighted by molar-refractivity contribution is 7.05. The third-order valence-electron chi connectivity index (χ3n) is 2.18. The molecular formula is C9H18N4S. The molecular weight excluding hydrogens is 196 g/mol. The van der Waals surface area contributed by atoms with Crippen LogP contribution in [0, 0.1) is 0 Å². The van der Waals surface area contributed by atoms with Crippen molar-refractivity contribution in [1.82, 2.24) is 15.0 Å². The van der Waals surface area contributed by atoms with Crippen molar-refractivity contribution >= 4 is 11.5 Å². The lowest BCUT2D eigenvalue weighted by Gasteiger charge is -2.14. The molecule has 0 fully saturated rings. The van der Waals surface area contributed by atoms with Gasteiger partial charge in [-0.25, -0.2) is 0 Å². The highest BCUT2D eigenvalue weighted by Gasteiger charge is 2.19. The zero-order valence-electron chi connectivity index (χ0n) is 8.95. The number of hydrogen-bond acceptors (Lipinski definition) is 5. The van der Waals surface area contributed by atoms with E-state index in [9.17, 15) is 0 Å². The molecule has 0 spiro atoms. The van der Waals surface area contributed by atoms with Gasteiger partial charge in [0.15, 0.2) is 0 Å². The van der Waals surface area contributed by atoms with E-state index in [1.165, 1.54) is 16.4 Å². The van der Waals surface area contributed by atoms with Crippen LogP contribution >= 0.6 is 11.5 Å². The Kier molecular flexibility index (Phi) is 4.44. The van der Waals surface area contributed by atoms with Crippen LogP contribution in [0.5, 0.6) is 0 Å². The van der Waals surface area contributed by atoms with Crippen molar-refractivity contribution in [2.45, 2.75) is 45.6 Å². The van der Waals surface area contributed by atoms with E-state index in [1.54, 1.807) is 0 Å². The zero-order valence-corrected chi connectivity index (χ0v) is 9.77. The lowest BCUT2D eigenvalue weighted by atomic mass is 10.0. The van der Waals surface area contributed by atoms with Crippen molar-refractivity contribution in [2.24, 2.45) is 5.84 Å². The Bertz CT molecular complexity index is 272. The summed E-state index contributed by atoms with van der Waals surface area (Å²) in [6.45, 7) is 6.40. The van der Waals surface area contributed by atoms with Crippen LogP contribution in [0.25, 0.3) is 0 Å². The van der Waals surface area contributed by atoms with Gasteiger partial charge in [0.1, 0.15) is 0 Å². The number of aromatic nitrogens is 2. The van der Waals surface area contributed by atoms with Gasteiger partial charge in [0.05, 0.1) is 16.6 Å². The Morgan fingerprint density at radius 3 is 2.71 bits per heavy atom. The fraction of sp³-hybridized carbons (Fsp3) is 0.778. The van der Waals surface area contributed by atoms with Crippen molar-refractivity contribution in [1.29, 1.82) is 0 Å². The van der Waals surface area contributed by atoms with Gasteiger partial charge in [0, 0.05) is 0 Å². The van der Waals surface area contributed by atoms with Gasteiger partial charge in [-0.05, 0) is 23.9 Å². The fourth-order valence-electron chi connectivity index (χ4n) is 1.43. The molecule has 1 unspecified atom stereocenters. The molecule has 1 atom stereocenters. The molecule has 0 amide bonds. The molecule has 0 aromatic carbocycles. The van der Waals surface area contributed by atoms with Crippen LogP contribution in [0.4, 0.5) is 0 Å². The largest absolute Gasteiger partial charge is 0.271 e. The van der Waals surface area contributed by atoms with Gasteiger partial charge in [-0.3, -0.25) is 11.3 Å². The summed E-state index contributed by atoms with van der Waals surface area (Å²) in [5.41, 5.74) is 3.91. The standard InChI is InChI=1S/C9H18N4S/c1-4-5-7(11-10)9-8(6(2)3)12-13-14-9/h6-7,11H,4-5,10H2,1-3H3. The summed E-state index contributed by atoms with van der Waals surface area (Å²) < 4.78 is 3.99. The number of nitrogens with zero attached hydrogens (tertiary/aromatic N) is 2. The third kappa shape index (κ3) is 2.50. The van der Waals surface area contributed by atoms with Crippen LogP contribution in [-0.2, 0) is 0 Å². The van der Waals surface area contributed by atoms with Gasteiger partial charge < -0.3 is 0 Å². The van der Waals surface area contributed by atoms with Crippen LogP contribution < -0.4 is 11.3 Å². The van der Waals surface area contributed by atoms with E-state index in [4.69, 9.17) is 5.84 Å². The van der Waals surface area contributed by atoms with E-state index >= 15 is 0 Å². The first kappa shape index (κ1) is 11.6. The lowest BCUT2D eigenvalue weighted by Crippen LogP contribution is -2.28. The zero-order chi connectivity index (χ0) is 10.6. The smallest absolute Gasteiger partial charge is 0.0829 e. The maximum absolute atomic E-state index is 5.52. The number of hydrazine groups is 1. The van der Waals surface area contributed by atoms with Crippen molar-refractivity contribution in [3.05, 3.63) is 10.6 Å². The number of hydrogen-bond donors (Lipinski definition) is 2. The maximum Gasteiger partial charge on any atom is 0.0829 e. The summed E-state index contributed by atoms with van der Waals surface area (Å²) in [6, 6.07) is 0.206. The summed E-state index contributed by atoms with van der Waals surface area (Å²) in [6.07, 6.45) is 2.13. The highest BCUT2D eigenvalue weighted by atomic mass is 32.1. The van der Waals surface area contributed by atoms with Crippen LogP contribution in [-0.4, -0.2) is 9.59 Å². The molecule has 80 valence electrons. The Balaban J connectivity index is 2.86. The molecule has 1 aromatic heterocycles. The molecule has 0 saturated heterocycles. The summed E-state index contributed by atoms with van der Waals surface area (Å²) in [5.74, 6) is 5.93. The second kappa shape index (κ2) is 5.38. The normalized spacial score (nSPS) is 13.5. The minimum Gasteiger partial charge on any atom is -0.271 e. The van der Waals surface area contributed by atoms with E-state index in [0.717, 1.165) is 18.5 Å². The topological polar surface area (TPSA) is 63.8 Å². The van der Waals surface area contributed by atoms with Gasteiger partial charge in [0.2, 0.25) is 0 Å². The quantitative estimate of drug-likeness (QED) is 0.581. The average Bonchev–Trinajstić information content (AvgIpc) is 2.62. The van der Waals surface area contributed by atoms with E-state index in [-0.39, 0.29) is 6.04 Å². The van der Waals surface area contributed by atoms with Gasteiger partial charge in [-0.1, -0.05) is 31.7 Å². The van der Waals surface area contributed by atoms with Crippen molar-refractivity contribution in [2.75, 3.05) is 0 Å². The molecule has 1 heterocycles. The van der Waals surface area contributed by atoms with Gasteiger partial charge in [-0.15, -0.1) is 5.10 Å². The summed E-state index contributed by atoms with van der Waals surface area (Å²) in [4.78, 5) is 1.18. The molecule has 14 heavy (non-hydrogen) atoms. The van der Waals surface area contributed by atoms with E-state index in [0.29, 0.717) is 5.92 Å². The first-order valence-corrected chi connectivity index (χ1v) is 5.76. The first-order chi connectivity index (χ1) is 6.70. The summed E-state index contributed by atoms with van der Waals surface area (Å²) in [5, 5.41) is 4.14. The molecule has 0 aliphatic heterocycles. The Morgan fingerprint density at radius 2 is 2.21 bits per heavy atom. The van der Waals surface area contributed by atoms with E-state index in [2.05, 4.69) is 35.8 Å². The Morgan fingerprint density at radius 1 is 1.50 bits per heavy atom. The molecule has 1 aromatic rings. The average molecular weight is 214 g/mol. The SMILES string of the molecule is CCCC(NN)c1snnc1C(C)C. The van der Waals surface area contributed by atoms with Gasteiger partial charge >= 0.3 is 0 Å². The summed E-state index contributed by atoms with van der Waals surface area (Å²) >= 11 is 1.45. The van der Waals surface area contributed by atoms with Crippen molar-refractivity contribution in [3.8, 4) is 0 Å². The van der Waals surface area contributed by atoms with Crippen LogP contribution in [0.2, 0.25) is 0 Å². The minimum atomic E-state index is 0.206. The highest BCUT2D eigenvalue weighted by Crippen LogP contribution is 2.28.